The summed E-state index contributed by atoms with van der Waals surface area (Å²) in [4.78, 5) is 33.7. The highest BCUT2D eigenvalue weighted by atomic mass is 16.4. The molecule has 114 valence electrons. The maximum Gasteiger partial charge on any atom is 0.326 e. The third-order valence-corrected chi connectivity index (χ3v) is 3.59. The molecule has 0 spiro atoms. The largest absolute Gasteiger partial charge is 0.480 e. The summed E-state index contributed by atoms with van der Waals surface area (Å²) in [5.41, 5.74) is 0. The average molecular weight is 292 g/mol. The molecule has 0 bridgehead atoms. The lowest BCUT2D eigenvalue weighted by Crippen LogP contribution is -2.51. The molecular formula is C14H20N4O3. The molecule has 1 saturated heterocycles. The smallest absolute Gasteiger partial charge is 0.326 e. The van der Waals surface area contributed by atoms with Gasteiger partial charge in [-0.2, -0.15) is 0 Å². The van der Waals surface area contributed by atoms with Gasteiger partial charge in [0.05, 0.1) is 0 Å². The molecule has 7 nitrogen and oxygen atoms in total. The third-order valence-electron chi connectivity index (χ3n) is 3.59. The second-order valence-corrected chi connectivity index (χ2v) is 5.47. The van der Waals surface area contributed by atoms with Crippen LogP contribution in [0.3, 0.4) is 0 Å². The van der Waals surface area contributed by atoms with Crippen molar-refractivity contribution in [2.75, 3.05) is 11.4 Å². The van der Waals surface area contributed by atoms with Crippen LogP contribution in [0.2, 0.25) is 0 Å². The summed E-state index contributed by atoms with van der Waals surface area (Å²) in [7, 11) is 0. The van der Waals surface area contributed by atoms with E-state index in [0.29, 0.717) is 18.9 Å². The zero-order valence-electron chi connectivity index (χ0n) is 12.2. The minimum absolute atomic E-state index is 0.172. The molecule has 1 unspecified atom stereocenters. The Morgan fingerprint density at radius 2 is 2.05 bits per heavy atom. The predicted octanol–water partition coefficient (Wildman–Crippen LogP) is 0.671. The van der Waals surface area contributed by atoms with Gasteiger partial charge in [0.25, 0.3) is 0 Å². The molecule has 0 radical (unpaired) electrons. The van der Waals surface area contributed by atoms with Crippen molar-refractivity contribution < 1.29 is 14.7 Å². The molecule has 1 aliphatic heterocycles. The SMILES string of the molecule is CC(C)[C@@H](NC(=O)C1CCCN1c1ncccn1)C(=O)O. The van der Waals surface area contributed by atoms with Gasteiger partial charge in [0.1, 0.15) is 12.1 Å². The minimum Gasteiger partial charge on any atom is -0.480 e. The van der Waals surface area contributed by atoms with Crippen molar-refractivity contribution in [1.82, 2.24) is 15.3 Å². The van der Waals surface area contributed by atoms with E-state index in [1.165, 1.54) is 0 Å². The van der Waals surface area contributed by atoms with Crippen LogP contribution in [0.4, 0.5) is 5.95 Å². The van der Waals surface area contributed by atoms with Crippen molar-refractivity contribution >= 4 is 17.8 Å². The van der Waals surface area contributed by atoms with Crippen molar-refractivity contribution in [1.29, 1.82) is 0 Å². The third kappa shape index (κ3) is 3.48. The molecule has 7 heteroatoms. The first-order valence-corrected chi connectivity index (χ1v) is 7.07. The summed E-state index contributed by atoms with van der Waals surface area (Å²) in [6.45, 7) is 4.24. The number of anilines is 1. The molecule has 0 aliphatic carbocycles. The van der Waals surface area contributed by atoms with Gasteiger partial charge in [-0.1, -0.05) is 13.8 Å². The number of rotatable bonds is 5. The molecule has 1 aromatic rings. The first-order chi connectivity index (χ1) is 10.0. The summed E-state index contributed by atoms with van der Waals surface area (Å²) in [6.07, 6.45) is 4.79. The van der Waals surface area contributed by atoms with Gasteiger partial charge >= 0.3 is 5.97 Å². The van der Waals surface area contributed by atoms with Crippen LogP contribution in [-0.4, -0.2) is 45.6 Å². The number of hydrogen-bond donors (Lipinski definition) is 2. The lowest BCUT2D eigenvalue weighted by atomic mass is 10.0. The zero-order chi connectivity index (χ0) is 15.4. The quantitative estimate of drug-likeness (QED) is 0.828. The Balaban J connectivity index is 2.09. The summed E-state index contributed by atoms with van der Waals surface area (Å²) >= 11 is 0. The average Bonchev–Trinajstić information content (AvgIpc) is 2.94. The number of nitrogens with zero attached hydrogens (tertiary/aromatic N) is 3. The molecule has 1 aliphatic rings. The standard InChI is InChI=1S/C14H20N4O3/c1-9(2)11(13(20)21)17-12(19)10-5-3-8-18(10)14-15-6-4-7-16-14/h4,6-7,9-11H,3,5,8H2,1-2H3,(H,17,19)(H,20,21)/t10?,11-/m1/s1. The van der Waals surface area contributed by atoms with Crippen LogP contribution in [0.25, 0.3) is 0 Å². The molecule has 1 aromatic heterocycles. The van der Waals surface area contributed by atoms with E-state index >= 15 is 0 Å². The van der Waals surface area contributed by atoms with Crippen LogP contribution in [0.15, 0.2) is 18.5 Å². The number of hydrogen-bond acceptors (Lipinski definition) is 5. The van der Waals surface area contributed by atoms with E-state index in [9.17, 15) is 9.59 Å². The summed E-state index contributed by atoms with van der Waals surface area (Å²) in [5, 5.41) is 11.8. The molecular weight excluding hydrogens is 272 g/mol. The van der Waals surface area contributed by atoms with Crippen molar-refractivity contribution in [2.24, 2.45) is 5.92 Å². The molecule has 2 heterocycles. The van der Waals surface area contributed by atoms with Crippen LogP contribution in [0.1, 0.15) is 26.7 Å². The number of aliphatic carboxylic acids is 1. The fourth-order valence-electron chi connectivity index (χ4n) is 2.48. The second-order valence-electron chi connectivity index (χ2n) is 5.47. The first kappa shape index (κ1) is 15.2. The van der Waals surface area contributed by atoms with Crippen LogP contribution in [0, 0.1) is 5.92 Å². The molecule has 1 amide bonds. The highest BCUT2D eigenvalue weighted by Crippen LogP contribution is 2.22. The number of carboxylic acids is 1. The fraction of sp³-hybridized carbons (Fsp3) is 0.571. The Morgan fingerprint density at radius 3 is 2.62 bits per heavy atom. The molecule has 0 saturated carbocycles. The van der Waals surface area contributed by atoms with Gasteiger partial charge in [-0.15, -0.1) is 0 Å². The van der Waals surface area contributed by atoms with Crippen LogP contribution >= 0.6 is 0 Å². The van der Waals surface area contributed by atoms with E-state index in [1.54, 1.807) is 32.3 Å². The van der Waals surface area contributed by atoms with Crippen molar-refractivity contribution in [3.05, 3.63) is 18.5 Å². The predicted molar refractivity (Wildman–Crippen MR) is 76.8 cm³/mol. The number of amides is 1. The van der Waals surface area contributed by atoms with Gasteiger partial charge < -0.3 is 15.3 Å². The van der Waals surface area contributed by atoms with Gasteiger partial charge in [-0.05, 0) is 24.8 Å². The topological polar surface area (TPSA) is 95.4 Å². The first-order valence-electron chi connectivity index (χ1n) is 7.07. The molecule has 2 rings (SSSR count). The monoisotopic (exact) mass is 292 g/mol. The lowest BCUT2D eigenvalue weighted by Gasteiger charge is -2.26. The maximum absolute atomic E-state index is 12.4. The van der Waals surface area contributed by atoms with Crippen molar-refractivity contribution in [3.8, 4) is 0 Å². The molecule has 2 atom stereocenters. The zero-order valence-corrected chi connectivity index (χ0v) is 12.2. The molecule has 1 fully saturated rings. The summed E-state index contributed by atoms with van der Waals surface area (Å²) in [6, 6.07) is 0.429. The second kappa shape index (κ2) is 6.51. The Bertz CT molecular complexity index is 506. The van der Waals surface area contributed by atoms with Crippen LogP contribution < -0.4 is 10.2 Å². The van der Waals surface area contributed by atoms with E-state index in [-0.39, 0.29) is 11.8 Å². The van der Waals surface area contributed by atoms with E-state index in [0.717, 1.165) is 6.42 Å². The highest BCUT2D eigenvalue weighted by Gasteiger charge is 2.35. The van der Waals surface area contributed by atoms with Crippen molar-refractivity contribution in [2.45, 2.75) is 38.8 Å². The minimum atomic E-state index is -1.01. The lowest BCUT2D eigenvalue weighted by molar-refractivity contribution is -0.143. The van der Waals surface area contributed by atoms with Crippen LogP contribution in [0.5, 0.6) is 0 Å². The molecule has 2 N–H and O–H groups in total. The summed E-state index contributed by atoms with van der Waals surface area (Å²) in [5.74, 6) is -0.958. The number of carboxylic acid groups (broad SMARTS) is 1. The highest BCUT2D eigenvalue weighted by molar-refractivity contribution is 5.89. The Labute approximate surface area is 123 Å². The Hall–Kier alpha value is -2.18. The van der Waals surface area contributed by atoms with E-state index in [2.05, 4.69) is 15.3 Å². The maximum atomic E-state index is 12.4. The van der Waals surface area contributed by atoms with E-state index < -0.39 is 18.1 Å². The normalized spacial score (nSPS) is 19.6. The van der Waals surface area contributed by atoms with Crippen LogP contribution in [-0.2, 0) is 9.59 Å². The fourth-order valence-corrected chi connectivity index (χ4v) is 2.48. The van der Waals surface area contributed by atoms with Gasteiger partial charge in [0.15, 0.2) is 0 Å². The van der Waals surface area contributed by atoms with Crippen molar-refractivity contribution in [3.63, 3.8) is 0 Å². The van der Waals surface area contributed by atoms with Gasteiger partial charge in [0, 0.05) is 18.9 Å². The molecule has 0 aromatic carbocycles. The van der Waals surface area contributed by atoms with E-state index in [4.69, 9.17) is 5.11 Å². The van der Waals surface area contributed by atoms with Gasteiger partial charge in [-0.25, -0.2) is 14.8 Å². The van der Waals surface area contributed by atoms with E-state index in [1.807, 2.05) is 4.90 Å². The van der Waals surface area contributed by atoms with Gasteiger partial charge in [0.2, 0.25) is 11.9 Å². The number of carbonyl (C=O) groups excluding carboxylic acids is 1. The number of carbonyl (C=O) groups is 2. The Kier molecular flexibility index (Phi) is 4.72. The number of aromatic nitrogens is 2. The van der Waals surface area contributed by atoms with Gasteiger partial charge in [-0.3, -0.25) is 4.79 Å². The molecule has 21 heavy (non-hydrogen) atoms. The Morgan fingerprint density at radius 1 is 1.38 bits per heavy atom. The summed E-state index contributed by atoms with van der Waals surface area (Å²) < 4.78 is 0. The number of nitrogens with one attached hydrogen (secondary N) is 1.